The Morgan fingerprint density at radius 2 is 1.96 bits per heavy atom. The van der Waals surface area contributed by atoms with Crippen molar-refractivity contribution < 1.29 is 14.7 Å². The number of aromatic nitrogens is 2. The van der Waals surface area contributed by atoms with Crippen molar-refractivity contribution in [2.24, 2.45) is 0 Å². The minimum atomic E-state index is -0.919. The number of amides is 1. The Kier molecular flexibility index (Phi) is 4.30. The molecule has 6 nitrogen and oxygen atoms in total. The number of carboxylic acid groups (broad SMARTS) is 1. The molecule has 0 aliphatic heterocycles. The molecule has 2 aromatic heterocycles. The first-order valence-electron chi connectivity index (χ1n) is 8.36. The second-order valence-corrected chi connectivity index (χ2v) is 7.46. The molecule has 0 saturated heterocycles. The highest BCUT2D eigenvalue weighted by molar-refractivity contribution is 7.17. The first-order chi connectivity index (χ1) is 12.6. The number of nitrogens with one attached hydrogen (secondary N) is 2. The van der Waals surface area contributed by atoms with Gasteiger partial charge in [-0.2, -0.15) is 5.10 Å². The molecule has 3 aromatic rings. The number of H-pyrrole nitrogens is 1. The molecule has 0 bridgehead atoms. The largest absolute Gasteiger partial charge is 0.477 e. The lowest BCUT2D eigenvalue weighted by Crippen LogP contribution is -2.14. The van der Waals surface area contributed by atoms with Crippen molar-refractivity contribution in [2.75, 3.05) is 5.32 Å². The van der Waals surface area contributed by atoms with Gasteiger partial charge in [0.1, 0.15) is 4.88 Å². The summed E-state index contributed by atoms with van der Waals surface area (Å²) >= 11 is 1.23. The van der Waals surface area contributed by atoms with E-state index >= 15 is 0 Å². The molecule has 4 rings (SSSR count). The van der Waals surface area contributed by atoms with Crippen LogP contribution in [0.3, 0.4) is 0 Å². The third-order valence-corrected chi connectivity index (χ3v) is 5.42. The molecular weight excluding hydrogens is 350 g/mol. The predicted molar refractivity (Wildman–Crippen MR) is 99.6 cm³/mol. The van der Waals surface area contributed by atoms with Gasteiger partial charge in [0.05, 0.1) is 6.42 Å². The molecule has 0 spiro atoms. The smallest absolute Gasteiger partial charge is 0.345 e. The van der Waals surface area contributed by atoms with Gasteiger partial charge in [-0.05, 0) is 36.1 Å². The van der Waals surface area contributed by atoms with E-state index in [0.717, 1.165) is 21.7 Å². The number of rotatable bonds is 6. The molecule has 1 aromatic carbocycles. The van der Waals surface area contributed by atoms with Crippen molar-refractivity contribution in [1.29, 1.82) is 0 Å². The van der Waals surface area contributed by atoms with Gasteiger partial charge in [0.25, 0.3) is 0 Å². The van der Waals surface area contributed by atoms with Gasteiger partial charge in [-0.15, -0.1) is 11.3 Å². The summed E-state index contributed by atoms with van der Waals surface area (Å²) in [7, 11) is 0. The van der Waals surface area contributed by atoms with Crippen LogP contribution in [0.5, 0.6) is 0 Å². The zero-order valence-electron chi connectivity index (χ0n) is 13.9. The van der Waals surface area contributed by atoms with Gasteiger partial charge in [0.15, 0.2) is 5.82 Å². The molecule has 3 N–H and O–H groups in total. The lowest BCUT2D eigenvalue weighted by Gasteiger charge is -2.03. The van der Waals surface area contributed by atoms with E-state index in [9.17, 15) is 9.59 Å². The number of aromatic carboxylic acids is 1. The topological polar surface area (TPSA) is 95.1 Å². The second kappa shape index (κ2) is 6.76. The number of carboxylic acids is 1. The van der Waals surface area contributed by atoms with Crippen molar-refractivity contribution >= 4 is 29.0 Å². The Balaban J connectivity index is 1.38. The molecule has 132 valence electrons. The molecule has 7 heteroatoms. The number of hydrogen-bond acceptors (Lipinski definition) is 4. The molecule has 1 fully saturated rings. The second-order valence-electron chi connectivity index (χ2n) is 6.37. The predicted octanol–water partition coefficient (Wildman–Crippen LogP) is 3.90. The minimum Gasteiger partial charge on any atom is -0.477 e. The number of carbonyl (C=O) groups excluding carboxylic acids is 1. The van der Waals surface area contributed by atoms with Gasteiger partial charge in [0, 0.05) is 22.6 Å². The van der Waals surface area contributed by atoms with Gasteiger partial charge < -0.3 is 10.4 Å². The highest BCUT2D eigenvalue weighted by atomic mass is 32.1. The summed E-state index contributed by atoms with van der Waals surface area (Å²) in [5.41, 5.74) is 2.91. The summed E-state index contributed by atoms with van der Waals surface area (Å²) in [4.78, 5) is 24.4. The van der Waals surface area contributed by atoms with E-state index < -0.39 is 5.97 Å². The van der Waals surface area contributed by atoms with Crippen molar-refractivity contribution in [3.05, 3.63) is 58.6 Å². The molecule has 1 aliphatic carbocycles. The number of hydrogen-bond donors (Lipinski definition) is 3. The number of carbonyl (C=O) groups is 2. The first-order valence-corrected chi connectivity index (χ1v) is 9.18. The third kappa shape index (κ3) is 3.67. The molecule has 1 amide bonds. The Bertz CT molecular complexity index is 955. The Morgan fingerprint density at radius 1 is 1.19 bits per heavy atom. The summed E-state index contributed by atoms with van der Waals surface area (Å²) < 4.78 is 0. The van der Waals surface area contributed by atoms with Crippen LogP contribution in [-0.2, 0) is 11.2 Å². The van der Waals surface area contributed by atoms with Crippen LogP contribution in [0.2, 0.25) is 0 Å². The van der Waals surface area contributed by atoms with Crippen LogP contribution in [-0.4, -0.2) is 27.2 Å². The van der Waals surface area contributed by atoms with Gasteiger partial charge >= 0.3 is 5.97 Å². The average Bonchev–Trinajstić information content (AvgIpc) is 3.16. The zero-order valence-corrected chi connectivity index (χ0v) is 14.7. The number of benzene rings is 1. The van der Waals surface area contributed by atoms with Crippen LogP contribution in [0, 0.1) is 0 Å². The minimum absolute atomic E-state index is 0.115. The van der Waals surface area contributed by atoms with Gasteiger partial charge in [-0.3, -0.25) is 9.89 Å². The standard InChI is InChI=1S/C19H17N3O3S/c23-18(20-17-10-14(21-22-17)12-5-6-12)9-11-1-3-13(4-2-11)15-7-8-16(26-15)19(24)25/h1-4,7-8,10,12H,5-6,9H2,(H,24,25)(H2,20,21,22,23). The normalized spacial score (nSPS) is 13.5. The van der Waals surface area contributed by atoms with E-state index in [2.05, 4.69) is 15.5 Å². The fraction of sp³-hybridized carbons (Fsp3) is 0.211. The zero-order chi connectivity index (χ0) is 18.1. The SMILES string of the molecule is O=C(Cc1ccc(-c2ccc(C(=O)O)s2)cc1)Nc1cc(C2CC2)[nH]n1. The number of aromatic amines is 1. The summed E-state index contributed by atoms with van der Waals surface area (Å²) in [5.74, 6) is 0.0986. The maximum atomic E-state index is 12.2. The van der Waals surface area contributed by atoms with Crippen LogP contribution in [0.15, 0.2) is 42.5 Å². The Labute approximate surface area is 153 Å². The first kappa shape index (κ1) is 16.5. The van der Waals surface area contributed by atoms with E-state index in [0.29, 0.717) is 16.6 Å². The average molecular weight is 367 g/mol. The van der Waals surface area contributed by atoms with Crippen LogP contribution in [0.25, 0.3) is 10.4 Å². The molecule has 0 atom stereocenters. The van der Waals surface area contributed by atoms with E-state index in [1.54, 1.807) is 12.1 Å². The summed E-state index contributed by atoms with van der Waals surface area (Å²) in [5, 5.41) is 18.9. The van der Waals surface area contributed by atoms with Crippen molar-refractivity contribution in [2.45, 2.75) is 25.2 Å². The quantitative estimate of drug-likeness (QED) is 0.616. The molecule has 0 unspecified atom stereocenters. The fourth-order valence-corrected chi connectivity index (χ4v) is 3.62. The highest BCUT2D eigenvalue weighted by Gasteiger charge is 2.25. The van der Waals surface area contributed by atoms with Crippen LogP contribution in [0.4, 0.5) is 5.82 Å². The van der Waals surface area contributed by atoms with E-state index in [1.807, 2.05) is 30.3 Å². The van der Waals surface area contributed by atoms with E-state index in [4.69, 9.17) is 5.11 Å². The molecular formula is C19H17N3O3S. The van der Waals surface area contributed by atoms with Crippen molar-refractivity contribution in [3.8, 4) is 10.4 Å². The Hall–Kier alpha value is -2.93. The highest BCUT2D eigenvalue weighted by Crippen LogP contribution is 2.39. The summed E-state index contributed by atoms with van der Waals surface area (Å²) in [6.07, 6.45) is 2.62. The molecule has 2 heterocycles. The summed E-state index contributed by atoms with van der Waals surface area (Å²) in [6, 6.07) is 12.9. The maximum absolute atomic E-state index is 12.2. The van der Waals surface area contributed by atoms with Gasteiger partial charge in [-0.25, -0.2) is 4.79 Å². The monoisotopic (exact) mass is 367 g/mol. The van der Waals surface area contributed by atoms with Crippen LogP contribution < -0.4 is 5.32 Å². The number of anilines is 1. The molecule has 26 heavy (non-hydrogen) atoms. The summed E-state index contributed by atoms with van der Waals surface area (Å²) in [6.45, 7) is 0. The van der Waals surface area contributed by atoms with Gasteiger partial charge in [-0.1, -0.05) is 24.3 Å². The fourth-order valence-electron chi connectivity index (χ4n) is 2.77. The number of nitrogens with zero attached hydrogens (tertiary/aromatic N) is 1. The Morgan fingerprint density at radius 3 is 2.62 bits per heavy atom. The molecule has 1 saturated carbocycles. The lowest BCUT2D eigenvalue weighted by molar-refractivity contribution is -0.115. The van der Waals surface area contributed by atoms with Gasteiger partial charge in [0.2, 0.25) is 5.91 Å². The number of thiophene rings is 1. The van der Waals surface area contributed by atoms with Crippen molar-refractivity contribution in [3.63, 3.8) is 0 Å². The van der Waals surface area contributed by atoms with E-state index in [-0.39, 0.29) is 12.3 Å². The molecule has 1 aliphatic rings. The lowest BCUT2D eigenvalue weighted by atomic mass is 10.1. The van der Waals surface area contributed by atoms with Crippen molar-refractivity contribution in [1.82, 2.24) is 10.2 Å². The maximum Gasteiger partial charge on any atom is 0.345 e. The third-order valence-electron chi connectivity index (χ3n) is 4.30. The van der Waals surface area contributed by atoms with Crippen LogP contribution in [0.1, 0.15) is 39.7 Å². The molecule has 0 radical (unpaired) electrons. The van der Waals surface area contributed by atoms with Crippen LogP contribution >= 0.6 is 11.3 Å². The van der Waals surface area contributed by atoms with E-state index in [1.165, 1.54) is 24.2 Å².